The van der Waals surface area contributed by atoms with Crippen LogP contribution in [0.15, 0.2) is 0 Å². The number of Topliss-reactive ketones (excluding diaryl/α,β-unsaturated/α-hetero) is 1. The molecule has 3 saturated carbocycles. The predicted octanol–water partition coefficient (Wildman–Crippen LogP) is 2.43. The summed E-state index contributed by atoms with van der Waals surface area (Å²) in [6.45, 7) is 1.34. The molecule has 0 amide bonds. The second-order valence-corrected chi connectivity index (χ2v) is 6.30. The number of carbonyl (C=O) groups excluding carboxylic acids is 1. The van der Waals surface area contributed by atoms with Crippen LogP contribution in [0.4, 0.5) is 0 Å². The van der Waals surface area contributed by atoms with E-state index in [9.17, 15) is 4.79 Å². The molecule has 0 radical (unpaired) electrons. The average Bonchev–Trinajstić information content (AvgIpc) is 2.77. The highest BCUT2D eigenvalue weighted by atomic mass is 16.7. The minimum atomic E-state index is -0.527. The third kappa shape index (κ3) is 0.966. The number of hydrogen-bond acceptors (Lipinski definition) is 3. The molecular weight excluding hydrogens is 216 g/mol. The van der Waals surface area contributed by atoms with E-state index in [1.54, 1.807) is 0 Å². The molecule has 4 fully saturated rings. The average molecular weight is 236 g/mol. The first-order valence-corrected chi connectivity index (χ1v) is 7.06. The van der Waals surface area contributed by atoms with Crippen LogP contribution >= 0.6 is 0 Å². The van der Waals surface area contributed by atoms with Gasteiger partial charge in [0.2, 0.25) is 0 Å². The van der Waals surface area contributed by atoms with Gasteiger partial charge in [-0.3, -0.25) is 4.79 Å². The van der Waals surface area contributed by atoms with Gasteiger partial charge in [-0.15, -0.1) is 0 Å². The highest BCUT2D eigenvalue weighted by Gasteiger charge is 2.77. The molecule has 2 atom stereocenters. The molecule has 4 aliphatic rings. The van der Waals surface area contributed by atoms with Gasteiger partial charge in [0.15, 0.2) is 5.79 Å². The molecule has 4 rings (SSSR count). The fourth-order valence-corrected chi connectivity index (χ4v) is 5.31. The fourth-order valence-electron chi connectivity index (χ4n) is 5.31. The normalized spacial score (nSPS) is 47.4. The Kier molecular flexibility index (Phi) is 1.93. The Bertz CT molecular complexity index is 368. The lowest BCUT2D eigenvalue weighted by Gasteiger charge is -2.68. The smallest absolute Gasteiger partial charge is 0.181 e. The van der Waals surface area contributed by atoms with Crippen molar-refractivity contribution in [2.45, 2.75) is 57.2 Å². The van der Waals surface area contributed by atoms with Crippen LogP contribution in [0.1, 0.15) is 51.4 Å². The molecule has 1 heterocycles. The van der Waals surface area contributed by atoms with Crippen LogP contribution in [-0.4, -0.2) is 24.8 Å². The van der Waals surface area contributed by atoms with Gasteiger partial charge < -0.3 is 9.47 Å². The van der Waals surface area contributed by atoms with Crippen molar-refractivity contribution < 1.29 is 14.3 Å². The van der Waals surface area contributed by atoms with Crippen LogP contribution in [-0.2, 0) is 14.3 Å². The van der Waals surface area contributed by atoms with Crippen LogP contribution in [0, 0.1) is 10.8 Å². The van der Waals surface area contributed by atoms with Gasteiger partial charge in [-0.2, -0.15) is 0 Å². The Hall–Kier alpha value is -0.410. The monoisotopic (exact) mass is 236 g/mol. The third-order valence-corrected chi connectivity index (χ3v) is 5.90. The number of ether oxygens (including phenoxy) is 2. The highest BCUT2D eigenvalue weighted by Crippen LogP contribution is 2.73. The van der Waals surface area contributed by atoms with E-state index < -0.39 is 5.79 Å². The largest absolute Gasteiger partial charge is 0.346 e. The molecule has 3 nitrogen and oxygen atoms in total. The van der Waals surface area contributed by atoms with E-state index in [1.807, 2.05) is 0 Å². The van der Waals surface area contributed by atoms with E-state index in [1.165, 1.54) is 25.7 Å². The Morgan fingerprint density at radius 3 is 2.35 bits per heavy atom. The summed E-state index contributed by atoms with van der Waals surface area (Å²) >= 11 is 0. The lowest BCUT2D eigenvalue weighted by molar-refractivity contribution is -0.316. The summed E-state index contributed by atoms with van der Waals surface area (Å²) in [6, 6.07) is 0. The van der Waals surface area contributed by atoms with Gasteiger partial charge in [-0.05, 0) is 31.1 Å². The Morgan fingerprint density at radius 2 is 1.59 bits per heavy atom. The van der Waals surface area contributed by atoms with Crippen molar-refractivity contribution in [3.8, 4) is 0 Å². The van der Waals surface area contributed by atoms with Crippen LogP contribution in [0.25, 0.3) is 0 Å². The molecule has 0 N–H and O–H groups in total. The molecule has 0 bridgehead atoms. The van der Waals surface area contributed by atoms with Gasteiger partial charge in [0.05, 0.1) is 18.6 Å². The minimum absolute atomic E-state index is 0.241. The number of ketones is 1. The molecule has 0 aromatic carbocycles. The second-order valence-electron chi connectivity index (χ2n) is 6.30. The van der Waals surface area contributed by atoms with Crippen molar-refractivity contribution in [1.82, 2.24) is 0 Å². The standard InChI is InChI=1S/C14H20O3/c15-11-10-12-4-1-2-6-13(11,12)14(7-3-5-12)16-8-9-17-14/h1-10H2. The zero-order chi connectivity index (χ0) is 11.6. The maximum Gasteiger partial charge on any atom is 0.181 e. The maximum absolute atomic E-state index is 12.4. The molecule has 3 aliphatic carbocycles. The SMILES string of the molecule is O=C1CC23CCCCC12C1(CCC3)OCCO1. The molecule has 94 valence electrons. The second kappa shape index (κ2) is 3.12. The summed E-state index contributed by atoms with van der Waals surface area (Å²) in [5, 5.41) is 0. The number of hydrogen-bond donors (Lipinski definition) is 0. The van der Waals surface area contributed by atoms with E-state index in [2.05, 4.69) is 0 Å². The van der Waals surface area contributed by atoms with Crippen molar-refractivity contribution in [3.05, 3.63) is 0 Å². The molecule has 0 aromatic heterocycles. The zero-order valence-corrected chi connectivity index (χ0v) is 10.3. The Labute approximate surface area is 102 Å². The molecule has 1 aliphatic heterocycles. The molecule has 1 spiro atoms. The third-order valence-electron chi connectivity index (χ3n) is 5.90. The first-order chi connectivity index (χ1) is 8.25. The summed E-state index contributed by atoms with van der Waals surface area (Å²) in [5.74, 6) is -0.0973. The number of carbonyl (C=O) groups is 1. The number of rotatable bonds is 0. The van der Waals surface area contributed by atoms with Crippen LogP contribution < -0.4 is 0 Å². The van der Waals surface area contributed by atoms with Gasteiger partial charge in [-0.1, -0.05) is 12.8 Å². The molecular formula is C14H20O3. The first-order valence-electron chi connectivity index (χ1n) is 7.06. The molecule has 2 unspecified atom stereocenters. The van der Waals surface area contributed by atoms with Crippen LogP contribution in [0.3, 0.4) is 0 Å². The van der Waals surface area contributed by atoms with Crippen LogP contribution in [0.2, 0.25) is 0 Å². The topological polar surface area (TPSA) is 35.5 Å². The minimum Gasteiger partial charge on any atom is -0.346 e. The maximum atomic E-state index is 12.4. The van der Waals surface area contributed by atoms with Gasteiger partial charge >= 0.3 is 0 Å². The molecule has 17 heavy (non-hydrogen) atoms. The van der Waals surface area contributed by atoms with E-state index in [4.69, 9.17) is 9.47 Å². The quantitative estimate of drug-likeness (QED) is 0.648. The van der Waals surface area contributed by atoms with Crippen molar-refractivity contribution in [2.75, 3.05) is 13.2 Å². The lowest BCUT2D eigenvalue weighted by Crippen LogP contribution is -2.73. The van der Waals surface area contributed by atoms with Gasteiger partial charge in [-0.25, -0.2) is 0 Å². The van der Waals surface area contributed by atoms with Gasteiger partial charge in [0.25, 0.3) is 0 Å². The Balaban J connectivity index is 1.84. The van der Waals surface area contributed by atoms with Crippen LogP contribution in [0.5, 0.6) is 0 Å². The fraction of sp³-hybridized carbons (Fsp3) is 0.929. The van der Waals surface area contributed by atoms with E-state index in [0.29, 0.717) is 19.0 Å². The molecule has 3 heteroatoms. The van der Waals surface area contributed by atoms with E-state index >= 15 is 0 Å². The van der Waals surface area contributed by atoms with Crippen molar-refractivity contribution in [2.24, 2.45) is 10.8 Å². The Morgan fingerprint density at radius 1 is 0.882 bits per heavy atom. The summed E-state index contributed by atoms with van der Waals surface area (Å²) in [4.78, 5) is 12.4. The first kappa shape index (κ1) is 10.5. The van der Waals surface area contributed by atoms with Crippen molar-refractivity contribution >= 4 is 5.78 Å². The van der Waals surface area contributed by atoms with Gasteiger partial charge in [0, 0.05) is 12.8 Å². The molecule has 1 saturated heterocycles. The predicted molar refractivity (Wildman–Crippen MR) is 61.4 cm³/mol. The summed E-state index contributed by atoms with van der Waals surface area (Å²) in [7, 11) is 0. The lowest BCUT2D eigenvalue weighted by atomic mass is 9.37. The van der Waals surface area contributed by atoms with Crippen molar-refractivity contribution in [3.63, 3.8) is 0 Å². The van der Waals surface area contributed by atoms with Gasteiger partial charge in [0.1, 0.15) is 5.78 Å². The highest BCUT2D eigenvalue weighted by molar-refractivity contribution is 5.94. The summed E-state index contributed by atoms with van der Waals surface area (Å²) in [6.07, 6.45) is 8.77. The van der Waals surface area contributed by atoms with E-state index in [0.717, 1.165) is 25.7 Å². The zero-order valence-electron chi connectivity index (χ0n) is 10.3. The summed E-state index contributed by atoms with van der Waals surface area (Å²) < 4.78 is 12.0. The van der Waals surface area contributed by atoms with Crippen molar-refractivity contribution in [1.29, 1.82) is 0 Å². The molecule has 0 aromatic rings. The summed E-state index contributed by atoms with van der Waals surface area (Å²) in [5.41, 5.74) is -0.0159. The van der Waals surface area contributed by atoms with E-state index in [-0.39, 0.29) is 10.8 Å².